The van der Waals surface area contributed by atoms with Crippen molar-refractivity contribution in [2.45, 2.75) is 19.9 Å². The number of aliphatic carboxylic acids is 1. The third-order valence-corrected chi connectivity index (χ3v) is 3.63. The summed E-state index contributed by atoms with van der Waals surface area (Å²) in [6.45, 7) is 3.17. The average molecular weight is 342 g/mol. The largest absolute Gasteiger partial charge is 0.493 e. The Kier molecular flexibility index (Phi) is 6.82. The van der Waals surface area contributed by atoms with Gasteiger partial charge in [-0.3, -0.25) is 4.79 Å². The van der Waals surface area contributed by atoms with E-state index in [2.05, 4.69) is 5.32 Å². The number of ether oxygens (including phenoxy) is 2. The van der Waals surface area contributed by atoms with E-state index in [1.165, 1.54) is 45.2 Å². The van der Waals surface area contributed by atoms with Crippen molar-refractivity contribution in [3.8, 4) is 11.5 Å². The zero-order valence-corrected chi connectivity index (χ0v) is 14.4. The van der Waals surface area contributed by atoms with Crippen LogP contribution < -0.4 is 14.8 Å². The summed E-state index contributed by atoms with van der Waals surface area (Å²) in [5.74, 6) is -1.63. The van der Waals surface area contributed by atoms with Gasteiger partial charge in [-0.15, -0.1) is 0 Å². The van der Waals surface area contributed by atoms with Crippen LogP contribution in [0.1, 0.15) is 25.5 Å². The Bertz CT molecular complexity index is 608. The molecule has 7 nitrogen and oxygen atoms in total. The van der Waals surface area contributed by atoms with Gasteiger partial charge in [-0.2, -0.15) is 0 Å². The van der Waals surface area contributed by atoms with Crippen molar-refractivity contribution in [2.75, 3.05) is 27.8 Å². The summed E-state index contributed by atoms with van der Waals surface area (Å²) in [5.41, 5.74) is 0.237. The van der Waals surface area contributed by atoms with Crippen molar-refractivity contribution in [3.05, 3.63) is 23.5 Å². The van der Waals surface area contributed by atoms with Gasteiger partial charge in [0.05, 0.1) is 26.2 Å². The number of amides is 2. The monoisotopic (exact) mass is 342 g/mol. The molecular weight excluding hydrogens is 319 g/mol. The maximum Gasteiger partial charge on any atom is 0.317 e. The summed E-state index contributed by atoms with van der Waals surface area (Å²) < 4.78 is 24.3. The van der Waals surface area contributed by atoms with Gasteiger partial charge >= 0.3 is 12.0 Å². The predicted molar refractivity (Wildman–Crippen MR) is 85.9 cm³/mol. The van der Waals surface area contributed by atoms with Crippen LogP contribution in [0.3, 0.4) is 0 Å². The molecule has 2 unspecified atom stereocenters. The molecule has 0 radical (unpaired) electrons. The molecule has 0 aromatic heterocycles. The topological polar surface area (TPSA) is 88.1 Å². The minimum absolute atomic E-state index is 0.0440. The first kappa shape index (κ1) is 19.5. The normalized spacial score (nSPS) is 12.9. The Morgan fingerprint density at radius 3 is 2.29 bits per heavy atom. The van der Waals surface area contributed by atoms with E-state index in [4.69, 9.17) is 14.6 Å². The molecular formula is C16H23FN2O5. The first-order valence-electron chi connectivity index (χ1n) is 7.37. The number of carbonyl (C=O) groups is 2. The predicted octanol–water partition coefficient (Wildman–Crippen LogP) is 2.27. The second-order valence-electron chi connectivity index (χ2n) is 5.52. The lowest BCUT2D eigenvalue weighted by Crippen LogP contribution is -2.41. The van der Waals surface area contributed by atoms with E-state index in [9.17, 15) is 14.0 Å². The summed E-state index contributed by atoms with van der Waals surface area (Å²) in [4.78, 5) is 24.2. The first-order chi connectivity index (χ1) is 11.2. The highest BCUT2D eigenvalue weighted by atomic mass is 19.1. The van der Waals surface area contributed by atoms with Crippen molar-refractivity contribution in [2.24, 2.45) is 5.92 Å². The fourth-order valence-corrected chi connectivity index (χ4v) is 2.15. The van der Waals surface area contributed by atoms with Crippen LogP contribution in [0.15, 0.2) is 12.1 Å². The van der Waals surface area contributed by atoms with Crippen LogP contribution in [0.25, 0.3) is 0 Å². The number of rotatable bonds is 7. The van der Waals surface area contributed by atoms with E-state index in [0.717, 1.165) is 0 Å². The van der Waals surface area contributed by atoms with Gasteiger partial charge in [0.2, 0.25) is 0 Å². The van der Waals surface area contributed by atoms with E-state index in [0.29, 0.717) is 5.75 Å². The lowest BCUT2D eigenvalue weighted by Gasteiger charge is -2.23. The highest BCUT2D eigenvalue weighted by molar-refractivity contribution is 5.76. The number of nitrogens with zero attached hydrogens (tertiary/aromatic N) is 1. The Morgan fingerprint density at radius 2 is 1.79 bits per heavy atom. The van der Waals surface area contributed by atoms with Gasteiger partial charge in [-0.25, -0.2) is 9.18 Å². The molecule has 0 saturated heterocycles. The van der Waals surface area contributed by atoms with Crippen LogP contribution in [0.4, 0.5) is 9.18 Å². The van der Waals surface area contributed by atoms with Crippen LogP contribution >= 0.6 is 0 Å². The Morgan fingerprint density at radius 1 is 1.25 bits per heavy atom. The number of carbonyl (C=O) groups excluding carboxylic acids is 1. The third-order valence-electron chi connectivity index (χ3n) is 3.63. The molecule has 8 heteroatoms. The minimum atomic E-state index is -0.992. The number of hydrogen-bond donors (Lipinski definition) is 2. The molecule has 0 spiro atoms. The summed E-state index contributed by atoms with van der Waals surface area (Å²) in [5, 5.41) is 11.5. The Hall–Kier alpha value is -2.51. The van der Waals surface area contributed by atoms with Crippen molar-refractivity contribution >= 4 is 12.0 Å². The minimum Gasteiger partial charge on any atom is -0.493 e. The number of urea groups is 1. The zero-order valence-electron chi connectivity index (χ0n) is 14.4. The molecule has 2 N–H and O–H groups in total. The fourth-order valence-electron chi connectivity index (χ4n) is 2.15. The number of carboxylic acid groups (broad SMARTS) is 1. The Labute approximate surface area is 140 Å². The van der Waals surface area contributed by atoms with Gasteiger partial charge in [0.25, 0.3) is 0 Å². The van der Waals surface area contributed by atoms with Crippen LogP contribution in [0.5, 0.6) is 11.5 Å². The summed E-state index contributed by atoms with van der Waals surface area (Å²) >= 11 is 0. The molecule has 1 aromatic carbocycles. The smallest absolute Gasteiger partial charge is 0.317 e. The molecule has 0 fully saturated rings. The van der Waals surface area contributed by atoms with Crippen molar-refractivity contribution in [3.63, 3.8) is 0 Å². The van der Waals surface area contributed by atoms with Gasteiger partial charge in [0, 0.05) is 25.2 Å². The highest BCUT2D eigenvalue weighted by Gasteiger charge is 2.21. The second kappa shape index (κ2) is 8.37. The maximum absolute atomic E-state index is 14.2. The van der Waals surface area contributed by atoms with Crippen molar-refractivity contribution < 1.29 is 28.6 Å². The summed E-state index contributed by atoms with van der Waals surface area (Å²) in [6, 6.07) is 1.51. The third kappa shape index (κ3) is 4.74. The summed E-state index contributed by atoms with van der Waals surface area (Å²) in [7, 11) is 4.32. The van der Waals surface area contributed by atoms with Gasteiger partial charge in [-0.05, 0) is 13.0 Å². The standard InChI is InChI=1S/C16H23FN2O5/c1-9(15(20)21)8-19(3)16(22)18-10(2)11-6-13(23-4)14(24-5)7-12(11)17/h6-7,9-10H,8H2,1-5H3,(H,18,22)(H,20,21). The summed E-state index contributed by atoms with van der Waals surface area (Å²) in [6.07, 6.45) is 0. The SMILES string of the molecule is COc1cc(F)c(C(C)NC(=O)N(C)CC(C)C(=O)O)cc1OC. The van der Waals surface area contributed by atoms with Crippen molar-refractivity contribution in [1.82, 2.24) is 10.2 Å². The quantitative estimate of drug-likeness (QED) is 0.793. The van der Waals surface area contributed by atoms with E-state index in [-0.39, 0.29) is 17.9 Å². The number of benzene rings is 1. The Balaban J connectivity index is 2.85. The fraction of sp³-hybridized carbons (Fsp3) is 0.500. The second-order valence-corrected chi connectivity index (χ2v) is 5.52. The molecule has 1 aromatic rings. The van der Waals surface area contributed by atoms with Gasteiger partial charge < -0.3 is 24.8 Å². The molecule has 2 atom stereocenters. The number of methoxy groups -OCH3 is 2. The first-order valence-corrected chi connectivity index (χ1v) is 7.37. The van der Waals surface area contributed by atoms with Crippen LogP contribution in [-0.2, 0) is 4.79 Å². The van der Waals surface area contributed by atoms with Gasteiger partial charge in [0.1, 0.15) is 5.82 Å². The number of nitrogens with one attached hydrogen (secondary N) is 1. The van der Waals surface area contributed by atoms with E-state index in [1.54, 1.807) is 6.92 Å². The maximum atomic E-state index is 14.2. The molecule has 0 heterocycles. The molecule has 0 saturated carbocycles. The molecule has 0 aliphatic carbocycles. The molecule has 0 aliphatic heterocycles. The lowest BCUT2D eigenvalue weighted by atomic mass is 10.1. The van der Waals surface area contributed by atoms with Crippen LogP contribution in [-0.4, -0.2) is 49.8 Å². The average Bonchev–Trinajstić information content (AvgIpc) is 2.53. The number of carboxylic acids is 1. The van der Waals surface area contributed by atoms with Crippen molar-refractivity contribution in [1.29, 1.82) is 0 Å². The van der Waals surface area contributed by atoms with Gasteiger partial charge in [-0.1, -0.05) is 6.92 Å². The van der Waals surface area contributed by atoms with Crippen LogP contribution in [0, 0.1) is 11.7 Å². The van der Waals surface area contributed by atoms with E-state index < -0.39 is 29.8 Å². The highest BCUT2D eigenvalue weighted by Crippen LogP contribution is 2.32. The van der Waals surface area contributed by atoms with Crippen LogP contribution in [0.2, 0.25) is 0 Å². The molecule has 1 rings (SSSR count). The molecule has 134 valence electrons. The molecule has 2 amide bonds. The zero-order chi connectivity index (χ0) is 18.4. The van der Waals surface area contributed by atoms with Gasteiger partial charge in [0.15, 0.2) is 11.5 Å². The number of hydrogen-bond acceptors (Lipinski definition) is 4. The molecule has 0 aliphatic rings. The van der Waals surface area contributed by atoms with E-state index >= 15 is 0 Å². The number of halogens is 1. The van der Waals surface area contributed by atoms with E-state index in [1.807, 2.05) is 0 Å². The molecule has 24 heavy (non-hydrogen) atoms. The molecule has 0 bridgehead atoms. The lowest BCUT2D eigenvalue weighted by molar-refractivity contribution is -0.141.